The van der Waals surface area contributed by atoms with E-state index in [4.69, 9.17) is 4.52 Å². The Morgan fingerprint density at radius 1 is 1.32 bits per heavy atom. The molecule has 0 spiro atoms. The molecule has 1 saturated heterocycles. The molecule has 1 aromatic carbocycles. The van der Waals surface area contributed by atoms with E-state index >= 15 is 0 Å². The van der Waals surface area contributed by atoms with Crippen molar-refractivity contribution in [1.29, 1.82) is 0 Å². The summed E-state index contributed by atoms with van der Waals surface area (Å²) >= 11 is 0. The van der Waals surface area contributed by atoms with Crippen LogP contribution < -0.4 is 5.32 Å². The molecule has 0 radical (unpaired) electrons. The molecule has 0 aliphatic carbocycles. The second kappa shape index (κ2) is 9.29. The first-order valence-electron chi connectivity index (χ1n) is 9.55. The van der Waals surface area contributed by atoms with Crippen LogP contribution in [0.4, 0.5) is 0 Å². The van der Waals surface area contributed by atoms with Crippen LogP contribution in [0.3, 0.4) is 0 Å². The molecule has 8 nitrogen and oxygen atoms in total. The normalized spacial score (nSPS) is 18.1. The number of likely N-dealkylation sites (tertiary alicyclic amines) is 1. The number of carbonyl (C=O) groups is 1. The molecule has 28 heavy (non-hydrogen) atoms. The van der Waals surface area contributed by atoms with Crippen LogP contribution in [0.5, 0.6) is 0 Å². The van der Waals surface area contributed by atoms with Gasteiger partial charge in [0.25, 0.3) is 0 Å². The van der Waals surface area contributed by atoms with Crippen molar-refractivity contribution in [1.82, 2.24) is 20.4 Å². The summed E-state index contributed by atoms with van der Waals surface area (Å²) in [7, 11) is -3.59. The van der Waals surface area contributed by atoms with E-state index in [1.165, 1.54) is 25.0 Å². The molecule has 1 unspecified atom stereocenters. The summed E-state index contributed by atoms with van der Waals surface area (Å²) in [5.74, 6) is -0.419. The molecule has 1 fully saturated rings. The van der Waals surface area contributed by atoms with Gasteiger partial charge in [0, 0.05) is 13.1 Å². The van der Waals surface area contributed by atoms with Gasteiger partial charge in [0.05, 0.1) is 4.90 Å². The molecule has 1 amide bonds. The number of carbonyl (C=O) groups excluding carboxylic acids is 1. The minimum atomic E-state index is -3.59. The predicted octanol–water partition coefficient (Wildman–Crippen LogP) is 1.90. The highest BCUT2D eigenvalue weighted by molar-refractivity contribution is 7.90. The van der Waals surface area contributed by atoms with Crippen LogP contribution in [0.15, 0.2) is 39.8 Å². The summed E-state index contributed by atoms with van der Waals surface area (Å²) in [6.07, 6.45) is 3.35. The molecule has 0 bridgehead atoms. The van der Waals surface area contributed by atoms with Crippen molar-refractivity contribution in [3.63, 3.8) is 0 Å². The lowest BCUT2D eigenvalue weighted by Crippen LogP contribution is -2.36. The molecular formula is C19H26N4O4S. The second-order valence-corrected chi connectivity index (χ2v) is 9.23. The molecule has 152 valence electrons. The van der Waals surface area contributed by atoms with Crippen molar-refractivity contribution in [2.75, 3.05) is 26.2 Å². The first kappa shape index (κ1) is 20.5. The zero-order valence-corrected chi connectivity index (χ0v) is 16.8. The molecule has 0 saturated carbocycles. The number of amides is 1. The number of benzene rings is 1. The average molecular weight is 407 g/mol. The molecule has 2 aromatic rings. The maximum Gasteiger partial charge on any atom is 0.315 e. The number of piperidine rings is 1. The lowest BCUT2D eigenvalue weighted by Gasteiger charge is -2.30. The van der Waals surface area contributed by atoms with Gasteiger partial charge in [0.1, 0.15) is 5.75 Å². The third kappa shape index (κ3) is 5.62. The highest BCUT2D eigenvalue weighted by atomic mass is 32.2. The van der Waals surface area contributed by atoms with E-state index in [1.54, 1.807) is 18.2 Å². The van der Waals surface area contributed by atoms with Gasteiger partial charge in [-0.25, -0.2) is 8.42 Å². The molecular weight excluding hydrogens is 380 g/mol. The highest BCUT2D eigenvalue weighted by Crippen LogP contribution is 2.16. The Labute approximate surface area is 165 Å². The van der Waals surface area contributed by atoms with Gasteiger partial charge in [-0.05, 0) is 50.4 Å². The number of sulfone groups is 1. The molecule has 1 N–H and O–H groups in total. The molecule has 3 rings (SSSR count). The Hall–Kier alpha value is -2.26. The summed E-state index contributed by atoms with van der Waals surface area (Å²) in [5.41, 5.74) is 0. The monoisotopic (exact) mass is 406 g/mol. The maximum absolute atomic E-state index is 12.3. The van der Waals surface area contributed by atoms with Gasteiger partial charge >= 0.3 is 11.8 Å². The molecule has 1 atom stereocenters. The Balaban J connectivity index is 1.46. The van der Waals surface area contributed by atoms with Crippen molar-refractivity contribution in [3.05, 3.63) is 42.0 Å². The van der Waals surface area contributed by atoms with E-state index in [0.717, 1.165) is 32.0 Å². The average Bonchev–Trinajstić information content (AvgIpc) is 3.14. The Morgan fingerprint density at radius 3 is 2.86 bits per heavy atom. The number of rotatable bonds is 8. The van der Waals surface area contributed by atoms with Gasteiger partial charge in [-0.2, -0.15) is 4.98 Å². The van der Waals surface area contributed by atoms with E-state index < -0.39 is 21.5 Å². The largest absolute Gasteiger partial charge is 0.348 e. The smallest absolute Gasteiger partial charge is 0.315 e. The van der Waals surface area contributed by atoms with Crippen LogP contribution in [0, 0.1) is 5.92 Å². The number of nitrogens with zero attached hydrogens (tertiary/aromatic N) is 3. The minimum Gasteiger partial charge on any atom is -0.348 e. The summed E-state index contributed by atoms with van der Waals surface area (Å²) in [5, 5.41) is 6.37. The van der Waals surface area contributed by atoms with E-state index in [2.05, 4.69) is 27.3 Å². The van der Waals surface area contributed by atoms with Gasteiger partial charge < -0.3 is 14.7 Å². The van der Waals surface area contributed by atoms with Crippen molar-refractivity contribution < 1.29 is 17.7 Å². The molecule has 1 aliphatic rings. The van der Waals surface area contributed by atoms with Crippen LogP contribution in [-0.2, 0) is 15.6 Å². The summed E-state index contributed by atoms with van der Waals surface area (Å²) in [4.78, 5) is 18.6. The molecule has 1 aromatic heterocycles. The van der Waals surface area contributed by atoms with Crippen molar-refractivity contribution >= 4 is 15.7 Å². The van der Waals surface area contributed by atoms with Crippen LogP contribution in [0.2, 0.25) is 0 Å². The first-order chi connectivity index (χ1) is 13.4. The SMILES string of the molecule is CC1CCCN(CCCNC(=O)c2nc(CS(=O)(=O)c3ccccc3)no2)C1. The van der Waals surface area contributed by atoms with Gasteiger partial charge in [-0.3, -0.25) is 4.79 Å². The van der Waals surface area contributed by atoms with Crippen LogP contribution >= 0.6 is 0 Å². The van der Waals surface area contributed by atoms with Gasteiger partial charge in [-0.15, -0.1) is 0 Å². The first-order valence-corrected chi connectivity index (χ1v) is 11.2. The highest BCUT2D eigenvalue weighted by Gasteiger charge is 2.21. The lowest BCUT2D eigenvalue weighted by molar-refractivity contribution is 0.0906. The number of hydrogen-bond acceptors (Lipinski definition) is 7. The third-order valence-corrected chi connectivity index (χ3v) is 6.39. The van der Waals surface area contributed by atoms with E-state index in [1.807, 2.05) is 0 Å². The number of nitrogens with one attached hydrogen (secondary N) is 1. The van der Waals surface area contributed by atoms with Crippen LogP contribution in [0.1, 0.15) is 42.7 Å². The quantitative estimate of drug-likeness (QED) is 0.667. The zero-order valence-electron chi connectivity index (χ0n) is 16.0. The number of aromatic nitrogens is 2. The fraction of sp³-hybridized carbons (Fsp3) is 0.526. The second-order valence-electron chi connectivity index (χ2n) is 7.25. The fourth-order valence-electron chi connectivity index (χ4n) is 3.36. The van der Waals surface area contributed by atoms with Gasteiger partial charge in [0.2, 0.25) is 0 Å². The Bertz CT molecular complexity index is 882. The Morgan fingerprint density at radius 2 is 2.11 bits per heavy atom. The Kier molecular flexibility index (Phi) is 6.79. The minimum absolute atomic E-state index is 0.0312. The standard InChI is InChI=1S/C19H26N4O4S/c1-15-7-5-11-23(13-15)12-6-10-20-18(24)19-21-17(22-27-19)14-28(25,26)16-8-3-2-4-9-16/h2-4,8-9,15H,5-7,10-14H2,1H3,(H,20,24). The van der Waals surface area contributed by atoms with Crippen molar-refractivity contribution in [2.24, 2.45) is 5.92 Å². The summed E-state index contributed by atoms with van der Waals surface area (Å²) < 4.78 is 29.6. The maximum atomic E-state index is 12.3. The molecule has 1 aliphatic heterocycles. The third-order valence-electron chi connectivity index (χ3n) is 4.76. The lowest BCUT2D eigenvalue weighted by atomic mass is 10.0. The molecule has 9 heteroatoms. The topological polar surface area (TPSA) is 105 Å². The van der Waals surface area contributed by atoms with Crippen LogP contribution in [-0.4, -0.2) is 55.5 Å². The summed E-state index contributed by atoms with van der Waals surface area (Å²) in [6.45, 7) is 5.93. The van der Waals surface area contributed by atoms with Gasteiger partial charge in [0.15, 0.2) is 15.7 Å². The number of hydrogen-bond donors (Lipinski definition) is 1. The zero-order chi connectivity index (χ0) is 20.0. The van der Waals surface area contributed by atoms with E-state index in [9.17, 15) is 13.2 Å². The molecule has 2 heterocycles. The summed E-state index contributed by atoms with van der Waals surface area (Å²) in [6, 6.07) is 8.04. The van der Waals surface area contributed by atoms with Gasteiger partial charge in [-0.1, -0.05) is 30.3 Å². The van der Waals surface area contributed by atoms with Crippen molar-refractivity contribution in [3.8, 4) is 0 Å². The van der Waals surface area contributed by atoms with Crippen molar-refractivity contribution in [2.45, 2.75) is 36.8 Å². The van der Waals surface area contributed by atoms with Crippen LogP contribution in [0.25, 0.3) is 0 Å². The predicted molar refractivity (Wildman–Crippen MR) is 103 cm³/mol. The fourth-order valence-corrected chi connectivity index (χ4v) is 4.55. The van der Waals surface area contributed by atoms with E-state index in [-0.39, 0.29) is 16.6 Å². The van der Waals surface area contributed by atoms with E-state index in [0.29, 0.717) is 6.54 Å².